The average molecular weight is 407 g/mol. The fourth-order valence-electron chi connectivity index (χ4n) is 2.69. The summed E-state index contributed by atoms with van der Waals surface area (Å²) in [6.45, 7) is -3.67. The largest absolute Gasteiger partial charge is 0.493 e. The molecule has 8 nitrogen and oxygen atoms in total. The topological polar surface area (TPSA) is 97.1 Å². The van der Waals surface area contributed by atoms with E-state index in [1.54, 1.807) is 30.3 Å². The first kappa shape index (κ1) is 20.1. The minimum absolute atomic E-state index is 0.0115. The van der Waals surface area contributed by atoms with Gasteiger partial charge < -0.3 is 18.9 Å². The first-order valence-electron chi connectivity index (χ1n) is 8.28. The van der Waals surface area contributed by atoms with Gasteiger partial charge in [0.05, 0.1) is 29.2 Å². The van der Waals surface area contributed by atoms with Crippen LogP contribution >= 0.6 is 0 Å². The van der Waals surface area contributed by atoms with Crippen LogP contribution in [0.25, 0.3) is 6.08 Å². The van der Waals surface area contributed by atoms with Crippen LogP contribution in [0.15, 0.2) is 42.0 Å². The van der Waals surface area contributed by atoms with E-state index in [1.165, 1.54) is 7.11 Å². The molecule has 0 amide bonds. The summed E-state index contributed by atoms with van der Waals surface area (Å²) in [4.78, 5) is 22.8. The number of halogens is 2. The number of nitrogens with zero attached hydrogens (tertiary/aromatic N) is 1. The SMILES string of the molecule is COc1cc(COC(=O)C2=Cc3ccccc3OC2)c([N+](=O)[O-])cc1OC(F)F. The highest BCUT2D eigenvalue weighted by atomic mass is 19.3. The molecule has 0 unspecified atom stereocenters. The average Bonchev–Trinajstić information content (AvgIpc) is 2.71. The molecule has 3 rings (SSSR count). The number of carbonyl (C=O) groups excluding carboxylic acids is 1. The van der Waals surface area contributed by atoms with Gasteiger partial charge in [-0.2, -0.15) is 8.78 Å². The highest BCUT2D eigenvalue weighted by Crippen LogP contribution is 2.36. The Bertz CT molecular complexity index is 975. The first-order chi connectivity index (χ1) is 13.9. The van der Waals surface area contributed by atoms with Crippen LogP contribution in [0.3, 0.4) is 0 Å². The smallest absolute Gasteiger partial charge is 0.387 e. The third kappa shape index (κ3) is 4.60. The summed E-state index contributed by atoms with van der Waals surface area (Å²) in [5.41, 5.74) is 0.343. The number of benzene rings is 2. The van der Waals surface area contributed by atoms with Crippen LogP contribution in [0.2, 0.25) is 0 Å². The lowest BCUT2D eigenvalue weighted by atomic mass is 10.1. The number of alkyl halides is 2. The molecular weight excluding hydrogens is 392 g/mol. The summed E-state index contributed by atoms with van der Waals surface area (Å²) < 4.78 is 44.8. The Morgan fingerprint density at radius 1 is 1.28 bits per heavy atom. The third-order valence-corrected chi connectivity index (χ3v) is 4.03. The second-order valence-corrected chi connectivity index (χ2v) is 5.84. The molecule has 0 saturated carbocycles. The zero-order chi connectivity index (χ0) is 21.0. The van der Waals surface area contributed by atoms with Gasteiger partial charge in [-0.15, -0.1) is 0 Å². The zero-order valence-electron chi connectivity index (χ0n) is 15.1. The first-order valence-corrected chi connectivity index (χ1v) is 8.28. The van der Waals surface area contributed by atoms with Gasteiger partial charge in [-0.25, -0.2) is 4.79 Å². The Morgan fingerprint density at radius 3 is 2.72 bits per heavy atom. The minimum atomic E-state index is -3.19. The van der Waals surface area contributed by atoms with Gasteiger partial charge in [-0.1, -0.05) is 18.2 Å². The normalized spacial score (nSPS) is 12.5. The number of nitro groups is 1. The van der Waals surface area contributed by atoms with Gasteiger partial charge in [0.25, 0.3) is 5.69 Å². The van der Waals surface area contributed by atoms with Crippen molar-refractivity contribution in [3.63, 3.8) is 0 Å². The highest BCUT2D eigenvalue weighted by molar-refractivity contribution is 5.95. The molecule has 1 aliphatic heterocycles. The summed E-state index contributed by atoms with van der Waals surface area (Å²) in [7, 11) is 1.19. The Hall–Kier alpha value is -3.69. The van der Waals surface area contributed by atoms with Crippen LogP contribution in [-0.4, -0.2) is 31.2 Å². The van der Waals surface area contributed by atoms with Gasteiger partial charge in [0.15, 0.2) is 11.5 Å². The van der Waals surface area contributed by atoms with E-state index in [0.29, 0.717) is 11.3 Å². The van der Waals surface area contributed by atoms with Gasteiger partial charge in [-0.3, -0.25) is 10.1 Å². The summed E-state index contributed by atoms with van der Waals surface area (Å²) in [6.07, 6.45) is 1.61. The van der Waals surface area contributed by atoms with Crippen LogP contribution in [0.4, 0.5) is 14.5 Å². The minimum Gasteiger partial charge on any atom is -0.493 e. The van der Waals surface area contributed by atoms with Gasteiger partial charge in [0.2, 0.25) is 0 Å². The van der Waals surface area contributed by atoms with E-state index in [2.05, 4.69) is 4.74 Å². The van der Waals surface area contributed by atoms with E-state index in [0.717, 1.165) is 12.1 Å². The Labute approximate surface area is 163 Å². The van der Waals surface area contributed by atoms with Crippen molar-refractivity contribution in [2.45, 2.75) is 13.2 Å². The van der Waals surface area contributed by atoms with Crippen LogP contribution < -0.4 is 14.2 Å². The molecule has 0 aromatic heterocycles. The van der Waals surface area contributed by atoms with Crippen LogP contribution in [0.1, 0.15) is 11.1 Å². The van der Waals surface area contributed by atoms with E-state index in [9.17, 15) is 23.7 Å². The molecule has 0 spiro atoms. The van der Waals surface area contributed by atoms with Crippen LogP contribution in [0.5, 0.6) is 17.2 Å². The Morgan fingerprint density at radius 2 is 2.03 bits per heavy atom. The maximum atomic E-state index is 12.5. The molecule has 10 heteroatoms. The van der Waals surface area contributed by atoms with Crippen molar-refractivity contribution in [1.29, 1.82) is 0 Å². The lowest BCUT2D eigenvalue weighted by Gasteiger charge is -2.17. The number of rotatable bonds is 7. The number of fused-ring (bicyclic) bond motifs is 1. The number of ether oxygens (including phenoxy) is 4. The van der Waals surface area contributed by atoms with Crippen molar-refractivity contribution in [2.24, 2.45) is 0 Å². The van der Waals surface area contributed by atoms with Gasteiger partial charge in [0, 0.05) is 5.56 Å². The standard InChI is InChI=1S/C19H15F2NO7/c1-26-16-7-12(14(22(24)25)8-17(16)29-19(20)21)9-28-18(23)13-6-11-4-2-3-5-15(11)27-10-13/h2-8,19H,9-10H2,1H3. The molecular formula is C19H15F2NO7. The molecule has 0 atom stereocenters. The zero-order valence-corrected chi connectivity index (χ0v) is 15.1. The fraction of sp³-hybridized carbons (Fsp3) is 0.211. The summed E-state index contributed by atoms with van der Waals surface area (Å²) >= 11 is 0. The number of hydrogen-bond donors (Lipinski definition) is 0. The molecule has 29 heavy (non-hydrogen) atoms. The molecule has 0 N–H and O–H groups in total. The van der Waals surface area contributed by atoms with Crippen molar-refractivity contribution in [1.82, 2.24) is 0 Å². The highest BCUT2D eigenvalue weighted by Gasteiger charge is 2.24. The van der Waals surface area contributed by atoms with Crippen molar-refractivity contribution >= 4 is 17.7 Å². The Balaban J connectivity index is 1.80. The molecule has 0 aliphatic carbocycles. The number of methoxy groups -OCH3 is 1. The number of esters is 1. The molecule has 2 aromatic rings. The molecule has 0 fully saturated rings. The van der Waals surface area contributed by atoms with Crippen molar-refractivity contribution < 1.29 is 37.4 Å². The van der Waals surface area contributed by atoms with E-state index < -0.39 is 35.5 Å². The van der Waals surface area contributed by atoms with E-state index in [1.807, 2.05) is 0 Å². The molecule has 0 saturated heterocycles. The predicted octanol–water partition coefficient (Wildman–Crippen LogP) is 3.72. The second-order valence-electron chi connectivity index (χ2n) is 5.84. The quantitative estimate of drug-likeness (QED) is 0.392. The fourth-order valence-corrected chi connectivity index (χ4v) is 2.69. The second kappa shape index (κ2) is 8.55. The molecule has 0 bridgehead atoms. The number of nitro benzene ring substituents is 1. The van der Waals surface area contributed by atoms with Gasteiger partial charge in [-0.05, 0) is 18.2 Å². The van der Waals surface area contributed by atoms with Gasteiger partial charge in [0.1, 0.15) is 19.0 Å². The lowest BCUT2D eigenvalue weighted by Crippen LogP contribution is -2.17. The van der Waals surface area contributed by atoms with E-state index >= 15 is 0 Å². The van der Waals surface area contributed by atoms with Crippen molar-refractivity contribution in [3.8, 4) is 17.2 Å². The van der Waals surface area contributed by atoms with Gasteiger partial charge >= 0.3 is 12.6 Å². The maximum Gasteiger partial charge on any atom is 0.387 e. The number of hydrogen-bond acceptors (Lipinski definition) is 7. The summed E-state index contributed by atoms with van der Waals surface area (Å²) in [5.74, 6) is -0.750. The summed E-state index contributed by atoms with van der Waals surface area (Å²) in [5, 5.41) is 11.3. The monoisotopic (exact) mass is 407 g/mol. The predicted molar refractivity (Wildman–Crippen MR) is 96.0 cm³/mol. The number of carbonyl (C=O) groups is 1. The van der Waals surface area contributed by atoms with Crippen LogP contribution in [-0.2, 0) is 16.1 Å². The lowest BCUT2D eigenvalue weighted by molar-refractivity contribution is -0.386. The molecule has 0 radical (unpaired) electrons. The van der Waals surface area contributed by atoms with Crippen LogP contribution in [0, 0.1) is 10.1 Å². The molecule has 2 aromatic carbocycles. The molecule has 1 heterocycles. The molecule has 152 valence electrons. The summed E-state index contributed by atoms with van der Waals surface area (Å²) in [6, 6.07) is 9.01. The molecule has 1 aliphatic rings. The third-order valence-electron chi connectivity index (χ3n) is 4.03. The number of para-hydroxylation sites is 1. The van der Waals surface area contributed by atoms with E-state index in [-0.39, 0.29) is 23.5 Å². The van der Waals surface area contributed by atoms with E-state index in [4.69, 9.17) is 14.2 Å². The maximum absolute atomic E-state index is 12.5. The Kier molecular flexibility index (Phi) is 5.91. The van der Waals surface area contributed by atoms with Crippen molar-refractivity contribution in [2.75, 3.05) is 13.7 Å². The van der Waals surface area contributed by atoms with Crippen molar-refractivity contribution in [3.05, 3.63) is 63.2 Å².